The maximum atomic E-state index is 11.5. The summed E-state index contributed by atoms with van der Waals surface area (Å²) in [5.74, 6) is 0.266. The van der Waals surface area contributed by atoms with Crippen molar-refractivity contribution in [1.82, 2.24) is 15.1 Å². The summed E-state index contributed by atoms with van der Waals surface area (Å²) in [6, 6.07) is 2.58. The summed E-state index contributed by atoms with van der Waals surface area (Å²) >= 11 is 0. The SMILES string of the molecule is Cn1ccc(CC(=O)CCNC2CC2)n1. The summed E-state index contributed by atoms with van der Waals surface area (Å²) in [5.41, 5.74) is 0.869. The molecular formula is C11H17N3O. The molecule has 0 spiro atoms. The van der Waals surface area contributed by atoms with E-state index in [9.17, 15) is 4.79 Å². The summed E-state index contributed by atoms with van der Waals surface area (Å²) in [4.78, 5) is 11.5. The minimum Gasteiger partial charge on any atom is -0.314 e. The zero-order chi connectivity index (χ0) is 10.7. The molecular weight excluding hydrogens is 190 g/mol. The number of rotatable bonds is 6. The molecule has 1 saturated carbocycles. The molecule has 0 amide bonds. The van der Waals surface area contributed by atoms with Crippen LogP contribution in [-0.2, 0) is 18.3 Å². The highest BCUT2D eigenvalue weighted by Crippen LogP contribution is 2.18. The number of nitrogens with one attached hydrogen (secondary N) is 1. The summed E-state index contributed by atoms with van der Waals surface area (Å²) < 4.78 is 1.73. The number of aromatic nitrogens is 2. The summed E-state index contributed by atoms with van der Waals surface area (Å²) in [5, 5.41) is 7.51. The van der Waals surface area contributed by atoms with E-state index in [0.29, 0.717) is 18.9 Å². The first-order valence-electron chi connectivity index (χ1n) is 5.47. The minimum atomic E-state index is 0.266. The molecule has 15 heavy (non-hydrogen) atoms. The van der Waals surface area contributed by atoms with Gasteiger partial charge in [-0.15, -0.1) is 0 Å². The van der Waals surface area contributed by atoms with Crippen molar-refractivity contribution in [2.24, 2.45) is 7.05 Å². The normalized spacial score (nSPS) is 15.5. The Morgan fingerprint density at radius 2 is 2.47 bits per heavy atom. The Morgan fingerprint density at radius 1 is 1.67 bits per heavy atom. The Kier molecular flexibility index (Phi) is 3.16. The maximum absolute atomic E-state index is 11.5. The monoisotopic (exact) mass is 207 g/mol. The molecule has 1 aliphatic rings. The lowest BCUT2D eigenvalue weighted by molar-refractivity contribution is -0.118. The van der Waals surface area contributed by atoms with Crippen LogP contribution < -0.4 is 5.32 Å². The predicted molar refractivity (Wildman–Crippen MR) is 57.6 cm³/mol. The molecule has 4 nitrogen and oxygen atoms in total. The second-order valence-electron chi connectivity index (χ2n) is 4.17. The molecule has 2 rings (SSSR count). The van der Waals surface area contributed by atoms with Crippen LogP contribution in [0, 0.1) is 0 Å². The van der Waals surface area contributed by atoms with Crippen molar-refractivity contribution in [1.29, 1.82) is 0 Å². The lowest BCUT2D eigenvalue weighted by Gasteiger charge is -2.00. The molecule has 1 N–H and O–H groups in total. The molecule has 0 radical (unpaired) electrons. The van der Waals surface area contributed by atoms with E-state index in [-0.39, 0.29) is 5.78 Å². The van der Waals surface area contributed by atoms with Gasteiger partial charge in [-0.3, -0.25) is 9.48 Å². The van der Waals surface area contributed by atoms with Gasteiger partial charge in [-0.2, -0.15) is 5.10 Å². The van der Waals surface area contributed by atoms with Gasteiger partial charge in [0.15, 0.2) is 0 Å². The Labute approximate surface area is 89.7 Å². The van der Waals surface area contributed by atoms with Crippen LogP contribution in [0.25, 0.3) is 0 Å². The van der Waals surface area contributed by atoms with Crippen LogP contribution in [0.5, 0.6) is 0 Å². The summed E-state index contributed by atoms with van der Waals surface area (Å²) in [6.45, 7) is 0.816. The molecule has 1 aliphatic carbocycles. The minimum absolute atomic E-state index is 0.266. The van der Waals surface area contributed by atoms with Crippen molar-refractivity contribution in [3.63, 3.8) is 0 Å². The van der Waals surface area contributed by atoms with E-state index < -0.39 is 0 Å². The number of ketones is 1. The molecule has 0 unspecified atom stereocenters. The van der Waals surface area contributed by atoms with E-state index >= 15 is 0 Å². The fourth-order valence-electron chi connectivity index (χ4n) is 1.55. The highest BCUT2D eigenvalue weighted by Gasteiger charge is 2.20. The third-order valence-corrected chi connectivity index (χ3v) is 2.56. The van der Waals surface area contributed by atoms with Crippen molar-refractivity contribution >= 4 is 5.78 Å². The third kappa shape index (κ3) is 3.47. The van der Waals surface area contributed by atoms with Gasteiger partial charge in [0.2, 0.25) is 0 Å². The number of hydrogen-bond donors (Lipinski definition) is 1. The lowest BCUT2D eigenvalue weighted by Crippen LogP contribution is -2.20. The zero-order valence-corrected chi connectivity index (χ0v) is 9.07. The van der Waals surface area contributed by atoms with Crippen LogP contribution in [0.1, 0.15) is 25.0 Å². The first kappa shape index (κ1) is 10.4. The van der Waals surface area contributed by atoms with Crippen LogP contribution in [0.3, 0.4) is 0 Å². The number of aryl methyl sites for hydroxylation is 1. The third-order valence-electron chi connectivity index (χ3n) is 2.56. The van der Waals surface area contributed by atoms with E-state index in [1.165, 1.54) is 12.8 Å². The lowest BCUT2D eigenvalue weighted by atomic mass is 10.2. The molecule has 82 valence electrons. The number of Topliss-reactive ketones (excluding diaryl/α,β-unsaturated/α-hetero) is 1. The largest absolute Gasteiger partial charge is 0.314 e. The first-order valence-corrected chi connectivity index (χ1v) is 5.47. The van der Waals surface area contributed by atoms with Crippen molar-refractivity contribution in [2.75, 3.05) is 6.54 Å². The van der Waals surface area contributed by atoms with Crippen LogP contribution in [0.15, 0.2) is 12.3 Å². The van der Waals surface area contributed by atoms with Crippen LogP contribution in [-0.4, -0.2) is 28.2 Å². The smallest absolute Gasteiger partial charge is 0.140 e. The van der Waals surface area contributed by atoms with Gasteiger partial charge < -0.3 is 5.32 Å². The Bertz CT molecular complexity index is 341. The molecule has 1 aromatic rings. The topological polar surface area (TPSA) is 46.9 Å². The molecule has 1 fully saturated rings. The molecule has 0 aliphatic heterocycles. The molecule has 4 heteroatoms. The van der Waals surface area contributed by atoms with Gasteiger partial charge in [-0.1, -0.05) is 0 Å². The molecule has 0 bridgehead atoms. The second kappa shape index (κ2) is 4.57. The van der Waals surface area contributed by atoms with E-state index in [0.717, 1.165) is 12.2 Å². The maximum Gasteiger partial charge on any atom is 0.140 e. The number of carbonyl (C=O) groups is 1. The Balaban J connectivity index is 1.67. The van der Waals surface area contributed by atoms with Crippen molar-refractivity contribution in [3.8, 4) is 0 Å². The van der Waals surface area contributed by atoms with E-state index in [1.54, 1.807) is 4.68 Å². The first-order chi connectivity index (χ1) is 7.24. The van der Waals surface area contributed by atoms with E-state index in [2.05, 4.69) is 10.4 Å². The van der Waals surface area contributed by atoms with E-state index in [1.807, 2.05) is 19.3 Å². The van der Waals surface area contributed by atoms with Gasteiger partial charge in [-0.05, 0) is 18.9 Å². The molecule has 1 heterocycles. The molecule has 0 aromatic carbocycles. The number of nitrogens with zero attached hydrogens (tertiary/aromatic N) is 2. The fourth-order valence-corrected chi connectivity index (χ4v) is 1.55. The van der Waals surface area contributed by atoms with Gasteiger partial charge in [0.05, 0.1) is 12.1 Å². The molecule has 0 atom stereocenters. The highest BCUT2D eigenvalue weighted by molar-refractivity contribution is 5.80. The van der Waals surface area contributed by atoms with Crippen molar-refractivity contribution in [2.45, 2.75) is 31.7 Å². The van der Waals surface area contributed by atoms with Crippen molar-refractivity contribution in [3.05, 3.63) is 18.0 Å². The Hall–Kier alpha value is -1.16. The highest BCUT2D eigenvalue weighted by atomic mass is 16.1. The number of hydrogen-bond acceptors (Lipinski definition) is 3. The summed E-state index contributed by atoms with van der Waals surface area (Å²) in [7, 11) is 1.86. The molecule has 1 aromatic heterocycles. The van der Waals surface area contributed by atoms with Gasteiger partial charge in [0.25, 0.3) is 0 Å². The standard InChI is InChI=1S/C11H17N3O/c1-14-7-5-10(13-14)8-11(15)4-6-12-9-2-3-9/h5,7,9,12H,2-4,6,8H2,1H3. The second-order valence-corrected chi connectivity index (χ2v) is 4.17. The van der Waals surface area contributed by atoms with E-state index in [4.69, 9.17) is 0 Å². The summed E-state index contributed by atoms with van der Waals surface area (Å²) in [6.07, 6.45) is 5.49. The average molecular weight is 207 g/mol. The van der Waals surface area contributed by atoms with Crippen LogP contribution in [0.4, 0.5) is 0 Å². The Morgan fingerprint density at radius 3 is 3.07 bits per heavy atom. The van der Waals surface area contributed by atoms with Crippen molar-refractivity contribution < 1.29 is 4.79 Å². The van der Waals surface area contributed by atoms with Gasteiger partial charge in [0, 0.05) is 32.3 Å². The molecule has 0 saturated heterocycles. The van der Waals surface area contributed by atoms with Gasteiger partial charge in [-0.25, -0.2) is 0 Å². The van der Waals surface area contributed by atoms with Crippen LogP contribution >= 0.6 is 0 Å². The quantitative estimate of drug-likeness (QED) is 0.746. The van der Waals surface area contributed by atoms with Gasteiger partial charge in [0.1, 0.15) is 5.78 Å². The number of carbonyl (C=O) groups excluding carboxylic acids is 1. The predicted octanol–water partition coefficient (Wildman–Crippen LogP) is 0.674. The fraction of sp³-hybridized carbons (Fsp3) is 0.636. The zero-order valence-electron chi connectivity index (χ0n) is 9.07. The van der Waals surface area contributed by atoms with Crippen LogP contribution in [0.2, 0.25) is 0 Å². The van der Waals surface area contributed by atoms with Gasteiger partial charge >= 0.3 is 0 Å². The average Bonchev–Trinajstić information content (AvgIpc) is 2.91.